The summed E-state index contributed by atoms with van der Waals surface area (Å²) in [6.45, 7) is 7.24. The molecule has 2 heterocycles. The van der Waals surface area contributed by atoms with Crippen LogP contribution in [0.5, 0.6) is 0 Å². The van der Waals surface area contributed by atoms with E-state index in [1.54, 1.807) is 10.9 Å². The van der Waals surface area contributed by atoms with Crippen LogP contribution in [0.3, 0.4) is 0 Å². The highest BCUT2D eigenvalue weighted by atomic mass is 32.2. The topological polar surface area (TPSA) is 68.8 Å². The summed E-state index contributed by atoms with van der Waals surface area (Å²) in [5.41, 5.74) is 2.21. The fourth-order valence-corrected chi connectivity index (χ4v) is 3.80. The van der Waals surface area contributed by atoms with Gasteiger partial charge in [-0.3, -0.25) is 9.48 Å². The van der Waals surface area contributed by atoms with Crippen LogP contribution in [-0.2, 0) is 24.9 Å². The Morgan fingerprint density at radius 3 is 2.57 bits per heavy atom. The molecule has 0 atom stereocenters. The smallest absolute Gasteiger partial charge is 0.233 e. The summed E-state index contributed by atoms with van der Waals surface area (Å²) in [6, 6.07) is 10.3. The highest BCUT2D eigenvalue weighted by Gasteiger charge is 2.20. The van der Waals surface area contributed by atoms with Crippen LogP contribution in [0, 0.1) is 6.92 Å². The Hall–Kier alpha value is -2.61. The van der Waals surface area contributed by atoms with E-state index in [1.165, 1.54) is 17.3 Å². The molecule has 8 heteroatoms. The molecule has 0 saturated heterocycles. The van der Waals surface area contributed by atoms with Gasteiger partial charge in [0.15, 0.2) is 5.16 Å². The number of amides is 1. The van der Waals surface area contributed by atoms with Gasteiger partial charge in [0.05, 0.1) is 18.5 Å². The van der Waals surface area contributed by atoms with Crippen molar-refractivity contribution in [3.8, 4) is 0 Å². The Kier molecular flexibility index (Phi) is 6.51. The first kappa shape index (κ1) is 20.1. The van der Waals surface area contributed by atoms with Crippen molar-refractivity contribution >= 4 is 17.7 Å². The standard InChI is InChI=1S/C20H26N6OS/c1-15(2)25(13-18-10-21-24(4)11-18)19(27)14-28-20-23-22-16(3)26(20)12-17-8-6-5-7-9-17/h5-11,15H,12-14H2,1-4H3. The van der Waals surface area contributed by atoms with E-state index < -0.39 is 0 Å². The monoisotopic (exact) mass is 398 g/mol. The molecule has 0 radical (unpaired) electrons. The maximum atomic E-state index is 12.9. The van der Waals surface area contributed by atoms with Gasteiger partial charge in [0, 0.05) is 31.4 Å². The number of carbonyl (C=O) groups excluding carboxylic acids is 1. The van der Waals surface area contributed by atoms with Crippen molar-refractivity contribution in [2.45, 2.75) is 45.1 Å². The van der Waals surface area contributed by atoms with Crippen molar-refractivity contribution in [3.63, 3.8) is 0 Å². The van der Waals surface area contributed by atoms with Crippen molar-refractivity contribution in [1.29, 1.82) is 0 Å². The fourth-order valence-electron chi connectivity index (χ4n) is 2.93. The highest BCUT2D eigenvalue weighted by molar-refractivity contribution is 7.99. The molecule has 148 valence electrons. The molecule has 3 rings (SSSR count). The molecular formula is C20H26N6OS. The lowest BCUT2D eigenvalue weighted by Crippen LogP contribution is -2.37. The number of hydrogen-bond acceptors (Lipinski definition) is 5. The van der Waals surface area contributed by atoms with E-state index in [4.69, 9.17) is 0 Å². The number of aromatic nitrogens is 5. The number of benzene rings is 1. The summed E-state index contributed by atoms with van der Waals surface area (Å²) in [6.07, 6.45) is 3.74. The third-order valence-corrected chi connectivity index (χ3v) is 5.42. The van der Waals surface area contributed by atoms with E-state index in [-0.39, 0.29) is 11.9 Å². The number of carbonyl (C=O) groups is 1. The third kappa shape index (κ3) is 5.01. The summed E-state index contributed by atoms with van der Waals surface area (Å²) < 4.78 is 3.80. The molecule has 2 aromatic heterocycles. The molecule has 0 aliphatic carbocycles. The van der Waals surface area contributed by atoms with E-state index in [9.17, 15) is 4.79 Å². The average Bonchev–Trinajstić information content (AvgIpc) is 3.24. The van der Waals surface area contributed by atoms with Crippen molar-refractivity contribution in [3.05, 3.63) is 59.7 Å². The lowest BCUT2D eigenvalue weighted by molar-refractivity contribution is -0.130. The normalized spacial score (nSPS) is 11.2. The second kappa shape index (κ2) is 9.05. The van der Waals surface area contributed by atoms with Crippen LogP contribution in [0.25, 0.3) is 0 Å². The van der Waals surface area contributed by atoms with Crippen LogP contribution in [0.15, 0.2) is 47.9 Å². The number of thioether (sulfide) groups is 1. The van der Waals surface area contributed by atoms with Gasteiger partial charge in [0.1, 0.15) is 5.82 Å². The predicted octanol–water partition coefficient (Wildman–Crippen LogP) is 2.90. The summed E-state index contributed by atoms with van der Waals surface area (Å²) in [5, 5.41) is 13.4. The van der Waals surface area contributed by atoms with E-state index >= 15 is 0 Å². The van der Waals surface area contributed by atoms with Gasteiger partial charge < -0.3 is 9.47 Å². The molecule has 0 aliphatic heterocycles. The fraction of sp³-hybridized carbons (Fsp3) is 0.400. The summed E-state index contributed by atoms with van der Waals surface area (Å²) in [7, 11) is 1.88. The van der Waals surface area contributed by atoms with Gasteiger partial charge in [-0.1, -0.05) is 42.1 Å². The van der Waals surface area contributed by atoms with Gasteiger partial charge in [0.25, 0.3) is 0 Å². The summed E-state index contributed by atoms with van der Waals surface area (Å²) >= 11 is 1.43. The van der Waals surface area contributed by atoms with Gasteiger partial charge in [-0.05, 0) is 26.3 Å². The van der Waals surface area contributed by atoms with E-state index in [0.717, 1.165) is 16.5 Å². The second-order valence-electron chi connectivity index (χ2n) is 7.03. The Bertz CT molecular complexity index is 918. The number of nitrogens with zero attached hydrogens (tertiary/aromatic N) is 6. The lowest BCUT2D eigenvalue weighted by Gasteiger charge is -2.26. The summed E-state index contributed by atoms with van der Waals surface area (Å²) in [4.78, 5) is 14.7. The van der Waals surface area contributed by atoms with Crippen molar-refractivity contribution < 1.29 is 4.79 Å². The van der Waals surface area contributed by atoms with E-state index in [0.29, 0.717) is 18.8 Å². The molecule has 1 amide bonds. The zero-order valence-electron chi connectivity index (χ0n) is 16.7. The number of rotatable bonds is 8. The van der Waals surface area contributed by atoms with Crippen LogP contribution >= 0.6 is 11.8 Å². The molecule has 0 saturated carbocycles. The molecule has 7 nitrogen and oxygen atoms in total. The number of hydrogen-bond donors (Lipinski definition) is 0. The van der Waals surface area contributed by atoms with Crippen LogP contribution < -0.4 is 0 Å². The average molecular weight is 399 g/mol. The molecule has 1 aromatic carbocycles. The van der Waals surface area contributed by atoms with E-state index in [1.807, 2.05) is 61.7 Å². The Morgan fingerprint density at radius 2 is 1.93 bits per heavy atom. The van der Waals surface area contributed by atoms with Crippen molar-refractivity contribution in [1.82, 2.24) is 29.4 Å². The molecule has 28 heavy (non-hydrogen) atoms. The van der Waals surface area contributed by atoms with Crippen molar-refractivity contribution in [2.24, 2.45) is 7.05 Å². The maximum Gasteiger partial charge on any atom is 0.233 e. The SMILES string of the molecule is Cc1nnc(SCC(=O)N(Cc2cnn(C)c2)C(C)C)n1Cc1ccccc1. The van der Waals surface area contributed by atoms with Gasteiger partial charge >= 0.3 is 0 Å². The predicted molar refractivity (Wildman–Crippen MR) is 110 cm³/mol. The largest absolute Gasteiger partial charge is 0.335 e. The molecule has 0 bridgehead atoms. The zero-order valence-corrected chi connectivity index (χ0v) is 17.6. The second-order valence-corrected chi connectivity index (χ2v) is 7.97. The zero-order chi connectivity index (χ0) is 20.1. The third-order valence-electron chi connectivity index (χ3n) is 4.47. The summed E-state index contributed by atoms with van der Waals surface area (Å²) in [5.74, 6) is 1.25. The van der Waals surface area contributed by atoms with Gasteiger partial charge in [-0.25, -0.2) is 0 Å². The minimum Gasteiger partial charge on any atom is -0.335 e. The molecule has 0 aliphatic rings. The molecule has 0 spiro atoms. The minimum atomic E-state index is 0.0794. The molecular weight excluding hydrogens is 372 g/mol. The first-order valence-corrected chi connectivity index (χ1v) is 10.3. The van der Waals surface area contributed by atoms with Crippen molar-refractivity contribution in [2.75, 3.05) is 5.75 Å². The van der Waals surface area contributed by atoms with Crippen LogP contribution in [0.4, 0.5) is 0 Å². The van der Waals surface area contributed by atoms with Crippen LogP contribution in [-0.4, -0.2) is 47.1 Å². The Balaban J connectivity index is 1.66. The highest BCUT2D eigenvalue weighted by Crippen LogP contribution is 2.20. The number of aryl methyl sites for hydroxylation is 2. The van der Waals surface area contributed by atoms with Gasteiger partial charge in [0.2, 0.25) is 5.91 Å². The quantitative estimate of drug-likeness (QED) is 0.546. The molecule has 0 unspecified atom stereocenters. The first-order valence-electron chi connectivity index (χ1n) is 9.27. The lowest BCUT2D eigenvalue weighted by atomic mass is 10.2. The maximum absolute atomic E-state index is 12.9. The Labute approximate surface area is 169 Å². The van der Waals surface area contributed by atoms with Gasteiger partial charge in [-0.15, -0.1) is 10.2 Å². The minimum absolute atomic E-state index is 0.0794. The van der Waals surface area contributed by atoms with Gasteiger partial charge in [-0.2, -0.15) is 5.10 Å². The van der Waals surface area contributed by atoms with Crippen LogP contribution in [0.2, 0.25) is 0 Å². The molecule has 0 fully saturated rings. The van der Waals surface area contributed by atoms with Crippen LogP contribution in [0.1, 0.15) is 30.8 Å². The Morgan fingerprint density at radius 1 is 1.18 bits per heavy atom. The first-order chi connectivity index (χ1) is 13.4. The van der Waals surface area contributed by atoms with E-state index in [2.05, 4.69) is 27.4 Å². The molecule has 0 N–H and O–H groups in total. The molecule has 3 aromatic rings.